The van der Waals surface area contributed by atoms with E-state index in [-0.39, 0.29) is 5.89 Å². The minimum absolute atomic E-state index is 0.0327. The maximum atomic E-state index is 11.9. The first-order valence-electron chi connectivity index (χ1n) is 6.23. The molecule has 1 aromatic carbocycles. The van der Waals surface area contributed by atoms with E-state index in [0.29, 0.717) is 15.7 Å². The van der Waals surface area contributed by atoms with Gasteiger partial charge in [0.2, 0.25) is 15.7 Å². The number of urea groups is 1. The van der Waals surface area contributed by atoms with E-state index in [0.717, 1.165) is 6.26 Å². The average molecular weight is 379 g/mol. The first kappa shape index (κ1) is 17.5. The van der Waals surface area contributed by atoms with Gasteiger partial charge in [-0.2, -0.15) is 0 Å². The number of benzene rings is 1. The molecular formula is C12H12Cl2N4O4S. The fourth-order valence-corrected chi connectivity index (χ4v) is 2.27. The molecule has 0 aliphatic rings. The van der Waals surface area contributed by atoms with E-state index >= 15 is 0 Å². The molecule has 0 saturated heterocycles. The van der Waals surface area contributed by atoms with E-state index in [1.807, 2.05) is 0 Å². The molecule has 1 atom stereocenters. The Morgan fingerprint density at radius 3 is 2.52 bits per heavy atom. The number of sulfone groups is 1. The van der Waals surface area contributed by atoms with E-state index in [4.69, 9.17) is 27.6 Å². The third-order valence-electron chi connectivity index (χ3n) is 2.63. The van der Waals surface area contributed by atoms with Crippen LogP contribution in [-0.4, -0.2) is 30.9 Å². The Bertz CT molecular complexity index is 837. The predicted molar refractivity (Wildman–Crippen MR) is 84.4 cm³/mol. The zero-order chi connectivity index (χ0) is 17.2. The molecule has 1 heterocycles. The van der Waals surface area contributed by atoms with Crippen molar-refractivity contribution in [1.82, 2.24) is 15.5 Å². The van der Waals surface area contributed by atoms with Gasteiger partial charge in [0.05, 0.1) is 10.0 Å². The average Bonchev–Trinajstić information content (AvgIpc) is 2.92. The highest BCUT2D eigenvalue weighted by molar-refractivity contribution is 7.90. The van der Waals surface area contributed by atoms with Gasteiger partial charge in [0.25, 0.3) is 0 Å². The van der Waals surface area contributed by atoms with Gasteiger partial charge < -0.3 is 15.1 Å². The van der Waals surface area contributed by atoms with Crippen molar-refractivity contribution in [2.45, 2.75) is 18.2 Å². The van der Waals surface area contributed by atoms with Gasteiger partial charge in [0.1, 0.15) is 6.04 Å². The number of hydrogen-bond donors (Lipinski definition) is 2. The molecule has 2 amide bonds. The van der Waals surface area contributed by atoms with Gasteiger partial charge in [-0.15, -0.1) is 5.10 Å². The van der Waals surface area contributed by atoms with Crippen LogP contribution in [0, 0.1) is 0 Å². The van der Waals surface area contributed by atoms with Crippen LogP contribution in [0.1, 0.15) is 18.9 Å². The molecule has 2 aromatic rings. The molecule has 2 rings (SSSR count). The van der Waals surface area contributed by atoms with Crippen LogP contribution in [0.2, 0.25) is 10.0 Å². The standard InChI is InChI=1S/C12H12Cl2N4O4S/c1-6(10-17-18-12(22-10)23(2,20)21)15-11(19)16-7-3-4-8(13)9(14)5-7/h3-6H,1-2H3,(H2,15,16,19)/t6-/m0/s1. The molecule has 0 aliphatic carbocycles. The summed E-state index contributed by atoms with van der Waals surface area (Å²) in [5.41, 5.74) is 0.437. The molecule has 0 aliphatic heterocycles. The van der Waals surface area contributed by atoms with Crippen molar-refractivity contribution in [3.8, 4) is 0 Å². The lowest BCUT2D eigenvalue weighted by molar-refractivity contribution is 0.246. The zero-order valence-electron chi connectivity index (χ0n) is 12.0. The molecule has 0 unspecified atom stereocenters. The van der Waals surface area contributed by atoms with E-state index in [1.54, 1.807) is 19.1 Å². The zero-order valence-corrected chi connectivity index (χ0v) is 14.3. The van der Waals surface area contributed by atoms with Gasteiger partial charge in [-0.05, 0) is 25.1 Å². The summed E-state index contributed by atoms with van der Waals surface area (Å²) in [6.07, 6.45) is 0.944. The van der Waals surface area contributed by atoms with Crippen LogP contribution in [0.4, 0.5) is 10.5 Å². The van der Waals surface area contributed by atoms with Crippen molar-refractivity contribution in [3.63, 3.8) is 0 Å². The second-order valence-electron chi connectivity index (χ2n) is 4.63. The van der Waals surface area contributed by atoms with Gasteiger partial charge in [0.15, 0.2) is 0 Å². The smallest absolute Gasteiger partial charge is 0.335 e. The van der Waals surface area contributed by atoms with Gasteiger partial charge in [-0.25, -0.2) is 13.2 Å². The van der Waals surface area contributed by atoms with Crippen molar-refractivity contribution >= 4 is 44.8 Å². The highest BCUT2D eigenvalue weighted by Crippen LogP contribution is 2.25. The van der Waals surface area contributed by atoms with Gasteiger partial charge in [-0.3, -0.25) is 0 Å². The Morgan fingerprint density at radius 1 is 1.26 bits per heavy atom. The van der Waals surface area contributed by atoms with Crippen LogP contribution >= 0.6 is 23.2 Å². The third-order valence-corrected chi connectivity index (χ3v) is 4.17. The Kier molecular flexibility index (Phi) is 5.12. The monoisotopic (exact) mass is 378 g/mol. The number of rotatable bonds is 4. The molecule has 11 heteroatoms. The Labute approximate surface area is 142 Å². The highest BCUT2D eigenvalue weighted by atomic mass is 35.5. The molecule has 124 valence electrons. The molecule has 0 fully saturated rings. The molecule has 0 saturated carbocycles. The lowest BCUT2D eigenvalue weighted by atomic mass is 10.3. The molecular weight excluding hydrogens is 367 g/mol. The van der Waals surface area contributed by atoms with Crippen molar-refractivity contribution in [2.75, 3.05) is 11.6 Å². The molecule has 2 N–H and O–H groups in total. The van der Waals surface area contributed by atoms with Crippen LogP contribution in [0.3, 0.4) is 0 Å². The van der Waals surface area contributed by atoms with E-state index in [9.17, 15) is 13.2 Å². The topological polar surface area (TPSA) is 114 Å². The molecule has 1 aromatic heterocycles. The largest absolute Gasteiger partial charge is 0.410 e. The van der Waals surface area contributed by atoms with Crippen molar-refractivity contribution in [3.05, 3.63) is 34.1 Å². The van der Waals surface area contributed by atoms with Crippen LogP contribution in [0.5, 0.6) is 0 Å². The summed E-state index contributed by atoms with van der Waals surface area (Å²) in [5, 5.41) is 12.2. The van der Waals surface area contributed by atoms with Gasteiger partial charge in [-0.1, -0.05) is 28.3 Å². The number of anilines is 1. The van der Waals surface area contributed by atoms with E-state index < -0.39 is 27.1 Å². The molecule has 0 spiro atoms. The van der Waals surface area contributed by atoms with Crippen LogP contribution in [0.15, 0.2) is 27.8 Å². The fraction of sp³-hybridized carbons (Fsp3) is 0.250. The molecule has 8 nitrogen and oxygen atoms in total. The SMILES string of the molecule is C[C@H](NC(=O)Nc1ccc(Cl)c(Cl)c1)c1nnc(S(C)(=O)=O)o1. The summed E-state index contributed by atoms with van der Waals surface area (Å²) in [6, 6.07) is 3.35. The summed E-state index contributed by atoms with van der Waals surface area (Å²) < 4.78 is 27.5. The summed E-state index contributed by atoms with van der Waals surface area (Å²) in [6.45, 7) is 1.56. The van der Waals surface area contributed by atoms with Crippen molar-refractivity contribution < 1.29 is 17.6 Å². The van der Waals surface area contributed by atoms with E-state index in [1.165, 1.54) is 6.07 Å². The van der Waals surface area contributed by atoms with Crippen molar-refractivity contribution in [1.29, 1.82) is 0 Å². The van der Waals surface area contributed by atoms with Gasteiger partial charge in [0, 0.05) is 11.9 Å². The van der Waals surface area contributed by atoms with Crippen LogP contribution in [-0.2, 0) is 9.84 Å². The number of halogens is 2. The Morgan fingerprint density at radius 2 is 1.96 bits per heavy atom. The molecule has 0 radical (unpaired) electrons. The second-order valence-corrected chi connectivity index (χ2v) is 7.34. The lowest BCUT2D eigenvalue weighted by Crippen LogP contribution is -2.31. The minimum Gasteiger partial charge on any atom is -0.410 e. The Balaban J connectivity index is 2.02. The predicted octanol–water partition coefficient (Wildman–Crippen LogP) is 2.66. The number of carbonyl (C=O) groups excluding carboxylic acids is 1. The van der Waals surface area contributed by atoms with Crippen LogP contribution in [0.25, 0.3) is 0 Å². The maximum absolute atomic E-state index is 11.9. The number of carbonyl (C=O) groups is 1. The Hall–Kier alpha value is -1.84. The summed E-state index contributed by atoms with van der Waals surface area (Å²) in [5.74, 6) is -0.0327. The van der Waals surface area contributed by atoms with Crippen LogP contribution < -0.4 is 10.6 Å². The second kappa shape index (κ2) is 6.73. The number of hydrogen-bond acceptors (Lipinski definition) is 6. The lowest BCUT2D eigenvalue weighted by Gasteiger charge is -2.11. The fourth-order valence-electron chi connectivity index (χ4n) is 1.54. The third kappa shape index (κ3) is 4.57. The summed E-state index contributed by atoms with van der Waals surface area (Å²) >= 11 is 11.6. The van der Waals surface area contributed by atoms with Crippen molar-refractivity contribution in [2.24, 2.45) is 0 Å². The first-order valence-corrected chi connectivity index (χ1v) is 8.87. The summed E-state index contributed by atoms with van der Waals surface area (Å²) in [7, 11) is -3.60. The van der Waals surface area contributed by atoms with E-state index in [2.05, 4.69) is 20.8 Å². The first-order chi connectivity index (χ1) is 10.7. The maximum Gasteiger partial charge on any atom is 0.335 e. The normalized spacial score (nSPS) is 12.7. The van der Waals surface area contributed by atoms with Gasteiger partial charge >= 0.3 is 11.3 Å². The molecule has 0 bridgehead atoms. The number of amides is 2. The minimum atomic E-state index is -3.60. The highest BCUT2D eigenvalue weighted by Gasteiger charge is 2.21. The quantitative estimate of drug-likeness (QED) is 0.844. The molecule has 23 heavy (non-hydrogen) atoms. The number of nitrogens with one attached hydrogen (secondary N) is 2. The summed E-state index contributed by atoms with van der Waals surface area (Å²) in [4.78, 5) is 11.9. The number of aromatic nitrogens is 2. The number of nitrogens with zero attached hydrogens (tertiary/aromatic N) is 2.